The summed E-state index contributed by atoms with van der Waals surface area (Å²) in [7, 11) is 3.45. The first-order chi connectivity index (χ1) is 10.6. The van der Waals surface area contributed by atoms with Crippen LogP contribution in [-0.4, -0.2) is 16.4 Å². The van der Waals surface area contributed by atoms with Crippen LogP contribution in [0.3, 0.4) is 0 Å². The van der Waals surface area contributed by atoms with E-state index in [1.165, 1.54) is 11.8 Å². The van der Waals surface area contributed by atoms with Crippen molar-refractivity contribution in [2.24, 2.45) is 7.05 Å². The third kappa shape index (κ3) is 1.49. The van der Waals surface area contributed by atoms with Crippen LogP contribution in [0.15, 0.2) is 47.3 Å². The highest BCUT2D eigenvalue weighted by molar-refractivity contribution is 6.19. The molecule has 4 heteroatoms. The lowest BCUT2D eigenvalue weighted by atomic mass is 10.1. The number of para-hydroxylation sites is 1. The summed E-state index contributed by atoms with van der Waals surface area (Å²) >= 11 is 0. The number of aryl methyl sites for hydroxylation is 2. The van der Waals surface area contributed by atoms with Crippen molar-refractivity contribution in [3.8, 4) is 0 Å². The molecule has 2 aromatic heterocycles. The van der Waals surface area contributed by atoms with Gasteiger partial charge in [-0.15, -0.1) is 4.73 Å². The Morgan fingerprint density at radius 3 is 2.50 bits per heavy atom. The van der Waals surface area contributed by atoms with Crippen molar-refractivity contribution in [2.45, 2.75) is 6.92 Å². The molecular formula is C18H16N2O2. The van der Waals surface area contributed by atoms with Crippen LogP contribution >= 0.6 is 0 Å². The maximum absolute atomic E-state index is 12.9. The molecule has 0 bridgehead atoms. The van der Waals surface area contributed by atoms with E-state index in [1.807, 2.05) is 42.8 Å². The van der Waals surface area contributed by atoms with Crippen molar-refractivity contribution < 1.29 is 4.84 Å². The van der Waals surface area contributed by atoms with Gasteiger partial charge in [0.25, 0.3) is 0 Å². The molecule has 4 aromatic rings. The standard InChI is InChI=1S/C18H16N2O2/c1-11-8-9-13-15(10-11)20(22-3)18(21)17-16(13)12-6-4-5-7-14(12)19(17)2/h4-10H,1-3H3. The number of hydrogen-bond donors (Lipinski definition) is 0. The lowest BCUT2D eigenvalue weighted by Gasteiger charge is -2.11. The first-order valence-electron chi connectivity index (χ1n) is 7.20. The Kier molecular flexibility index (Phi) is 2.57. The van der Waals surface area contributed by atoms with Gasteiger partial charge in [0.15, 0.2) is 0 Å². The monoisotopic (exact) mass is 292 g/mol. The predicted molar refractivity (Wildman–Crippen MR) is 89.4 cm³/mol. The lowest BCUT2D eigenvalue weighted by Crippen LogP contribution is -2.26. The molecule has 2 heterocycles. The summed E-state index contributed by atoms with van der Waals surface area (Å²) in [6, 6.07) is 14.2. The topological polar surface area (TPSA) is 36.2 Å². The first-order valence-corrected chi connectivity index (χ1v) is 7.20. The Morgan fingerprint density at radius 1 is 1.00 bits per heavy atom. The molecule has 110 valence electrons. The number of pyridine rings is 1. The van der Waals surface area contributed by atoms with E-state index >= 15 is 0 Å². The van der Waals surface area contributed by atoms with Crippen molar-refractivity contribution in [3.05, 3.63) is 58.4 Å². The van der Waals surface area contributed by atoms with Crippen LogP contribution in [0.25, 0.3) is 32.7 Å². The Morgan fingerprint density at radius 2 is 1.73 bits per heavy atom. The van der Waals surface area contributed by atoms with Crippen LogP contribution in [0.5, 0.6) is 0 Å². The number of hydrogen-bond acceptors (Lipinski definition) is 2. The molecule has 0 saturated carbocycles. The fraction of sp³-hybridized carbons (Fsp3) is 0.167. The van der Waals surface area contributed by atoms with Gasteiger partial charge in [-0.1, -0.05) is 30.3 Å². The van der Waals surface area contributed by atoms with E-state index < -0.39 is 0 Å². The fourth-order valence-electron chi connectivity index (χ4n) is 3.32. The molecule has 0 aliphatic heterocycles. The summed E-state index contributed by atoms with van der Waals surface area (Å²) in [6.45, 7) is 2.01. The highest BCUT2D eigenvalue weighted by Crippen LogP contribution is 2.32. The molecule has 0 saturated heterocycles. The van der Waals surface area contributed by atoms with Crippen molar-refractivity contribution in [2.75, 3.05) is 7.11 Å². The third-order valence-corrected chi connectivity index (χ3v) is 4.32. The minimum atomic E-state index is -0.130. The molecule has 0 spiro atoms. The van der Waals surface area contributed by atoms with E-state index in [0.29, 0.717) is 5.52 Å². The van der Waals surface area contributed by atoms with Crippen LogP contribution in [-0.2, 0) is 7.05 Å². The van der Waals surface area contributed by atoms with Gasteiger partial charge in [0, 0.05) is 28.7 Å². The zero-order valence-corrected chi connectivity index (χ0v) is 12.8. The van der Waals surface area contributed by atoms with Gasteiger partial charge in [0.1, 0.15) is 12.6 Å². The summed E-state index contributed by atoms with van der Waals surface area (Å²) in [5, 5.41) is 3.11. The van der Waals surface area contributed by atoms with Gasteiger partial charge in [0.2, 0.25) is 0 Å². The predicted octanol–water partition coefficient (Wildman–Crippen LogP) is 3.01. The number of nitrogens with zero attached hydrogens (tertiary/aromatic N) is 2. The average molecular weight is 292 g/mol. The van der Waals surface area contributed by atoms with Crippen LogP contribution in [0.4, 0.5) is 0 Å². The zero-order chi connectivity index (χ0) is 15.4. The van der Waals surface area contributed by atoms with E-state index in [4.69, 9.17) is 4.84 Å². The Bertz CT molecular complexity index is 1100. The van der Waals surface area contributed by atoms with E-state index in [0.717, 1.165) is 32.8 Å². The van der Waals surface area contributed by atoms with Crippen molar-refractivity contribution >= 4 is 32.7 Å². The van der Waals surface area contributed by atoms with Crippen LogP contribution in [0, 0.1) is 6.92 Å². The smallest absolute Gasteiger partial charge is 0.308 e. The van der Waals surface area contributed by atoms with E-state index in [-0.39, 0.29) is 5.56 Å². The average Bonchev–Trinajstić information content (AvgIpc) is 2.82. The molecule has 0 aliphatic rings. The van der Waals surface area contributed by atoms with E-state index in [9.17, 15) is 4.79 Å². The normalized spacial score (nSPS) is 11.6. The summed E-state index contributed by atoms with van der Waals surface area (Å²) in [6.07, 6.45) is 0. The molecule has 0 fully saturated rings. The quantitative estimate of drug-likeness (QED) is 0.540. The second-order valence-corrected chi connectivity index (χ2v) is 5.60. The molecule has 2 aromatic carbocycles. The maximum atomic E-state index is 12.9. The first kappa shape index (κ1) is 13.0. The Hall–Kier alpha value is -2.75. The van der Waals surface area contributed by atoms with Crippen LogP contribution in [0.2, 0.25) is 0 Å². The van der Waals surface area contributed by atoms with E-state index in [1.54, 1.807) is 0 Å². The Balaban J connectivity index is 2.44. The van der Waals surface area contributed by atoms with Crippen molar-refractivity contribution in [1.29, 1.82) is 0 Å². The third-order valence-electron chi connectivity index (χ3n) is 4.32. The SMILES string of the molecule is COn1c(=O)c2c(c3ccc(C)cc31)c1ccccc1n2C. The largest absolute Gasteiger partial charge is 0.413 e. The van der Waals surface area contributed by atoms with Crippen LogP contribution < -0.4 is 10.4 Å². The van der Waals surface area contributed by atoms with Gasteiger partial charge in [0.05, 0.1) is 5.52 Å². The Labute approximate surface area is 127 Å². The highest BCUT2D eigenvalue weighted by atomic mass is 16.6. The summed E-state index contributed by atoms with van der Waals surface area (Å²) < 4.78 is 3.32. The summed E-state index contributed by atoms with van der Waals surface area (Å²) in [4.78, 5) is 18.3. The number of fused-ring (bicyclic) bond motifs is 5. The second kappa shape index (κ2) is 4.37. The molecule has 0 unspecified atom stereocenters. The minimum absolute atomic E-state index is 0.130. The van der Waals surface area contributed by atoms with Crippen LogP contribution in [0.1, 0.15) is 5.56 Å². The van der Waals surface area contributed by atoms with Crippen molar-refractivity contribution in [3.63, 3.8) is 0 Å². The molecule has 0 atom stereocenters. The molecule has 0 aliphatic carbocycles. The fourth-order valence-corrected chi connectivity index (χ4v) is 3.32. The van der Waals surface area contributed by atoms with Gasteiger partial charge < -0.3 is 9.40 Å². The van der Waals surface area contributed by atoms with Gasteiger partial charge in [-0.2, -0.15) is 0 Å². The zero-order valence-electron chi connectivity index (χ0n) is 12.8. The number of rotatable bonds is 1. The van der Waals surface area contributed by atoms with Gasteiger partial charge in [-0.25, -0.2) is 0 Å². The van der Waals surface area contributed by atoms with Gasteiger partial charge in [-0.05, 0) is 24.6 Å². The highest BCUT2D eigenvalue weighted by Gasteiger charge is 2.18. The summed E-state index contributed by atoms with van der Waals surface area (Å²) in [5.41, 5.74) is 3.48. The van der Waals surface area contributed by atoms with E-state index in [2.05, 4.69) is 18.2 Å². The maximum Gasteiger partial charge on any atom is 0.308 e. The molecule has 4 nitrogen and oxygen atoms in total. The molecule has 4 rings (SSSR count). The van der Waals surface area contributed by atoms with Gasteiger partial charge in [-0.3, -0.25) is 4.79 Å². The number of aromatic nitrogens is 2. The molecule has 0 radical (unpaired) electrons. The second-order valence-electron chi connectivity index (χ2n) is 5.60. The van der Waals surface area contributed by atoms with Crippen molar-refractivity contribution in [1.82, 2.24) is 9.30 Å². The molecule has 22 heavy (non-hydrogen) atoms. The van der Waals surface area contributed by atoms with Gasteiger partial charge >= 0.3 is 5.56 Å². The molecule has 0 N–H and O–H groups in total. The molecular weight excluding hydrogens is 276 g/mol. The molecule has 0 amide bonds. The minimum Gasteiger partial charge on any atom is -0.413 e. The lowest BCUT2D eigenvalue weighted by molar-refractivity contribution is 0.170. The summed E-state index contributed by atoms with van der Waals surface area (Å²) in [5.74, 6) is 0. The number of benzene rings is 2.